The third kappa shape index (κ3) is 4.90. The molecule has 0 aliphatic rings. The van der Waals surface area contributed by atoms with Gasteiger partial charge in [0.05, 0.1) is 17.9 Å². The lowest BCUT2D eigenvalue weighted by Gasteiger charge is -2.10. The van der Waals surface area contributed by atoms with Gasteiger partial charge in [0.15, 0.2) is 5.82 Å². The lowest BCUT2D eigenvalue weighted by molar-refractivity contribution is 0.615. The number of benzene rings is 1. The average molecular weight is 466 g/mol. The molecule has 33 heavy (non-hydrogen) atoms. The smallest absolute Gasteiger partial charge is 0.290 e. The van der Waals surface area contributed by atoms with Crippen molar-refractivity contribution in [2.75, 3.05) is 0 Å². The molecule has 8 nitrogen and oxygen atoms in total. The highest BCUT2D eigenvalue weighted by atomic mass is 35.5. The van der Waals surface area contributed by atoms with Gasteiger partial charge in [-0.25, -0.2) is 9.89 Å². The zero-order chi connectivity index (χ0) is 23.2. The van der Waals surface area contributed by atoms with Crippen LogP contribution in [0.15, 0.2) is 47.4 Å². The van der Waals surface area contributed by atoms with Gasteiger partial charge in [-0.3, -0.25) is 14.1 Å². The quantitative estimate of drug-likeness (QED) is 0.341. The van der Waals surface area contributed by atoms with Gasteiger partial charge in [0, 0.05) is 23.9 Å². The Morgan fingerprint density at radius 3 is 2.55 bits per heavy atom. The lowest BCUT2D eigenvalue weighted by Crippen LogP contribution is -2.25. The summed E-state index contributed by atoms with van der Waals surface area (Å²) in [6.07, 6.45) is 6.67. The predicted octanol–water partition coefficient (Wildman–Crippen LogP) is 4.74. The van der Waals surface area contributed by atoms with E-state index in [4.69, 9.17) is 11.6 Å². The highest BCUT2D eigenvalue weighted by molar-refractivity contribution is 6.30. The first-order valence-corrected chi connectivity index (χ1v) is 11.8. The molecule has 0 atom stereocenters. The zero-order valence-electron chi connectivity index (χ0n) is 19.0. The number of hydrogen-bond donors (Lipinski definition) is 1. The molecule has 0 aliphatic heterocycles. The van der Waals surface area contributed by atoms with Crippen molar-refractivity contribution < 1.29 is 0 Å². The fourth-order valence-electron chi connectivity index (χ4n) is 4.02. The largest absolute Gasteiger partial charge is 0.329 e. The summed E-state index contributed by atoms with van der Waals surface area (Å²) in [5.74, 6) is 0.567. The number of H-pyrrole nitrogens is 1. The molecule has 0 amide bonds. The van der Waals surface area contributed by atoms with Crippen LogP contribution in [0.2, 0.25) is 5.15 Å². The molecular weight excluding hydrogens is 438 g/mol. The molecular formula is C24H28ClN7O. The molecule has 0 saturated carbocycles. The summed E-state index contributed by atoms with van der Waals surface area (Å²) in [7, 11) is 0. The van der Waals surface area contributed by atoms with Crippen molar-refractivity contribution in [2.45, 2.75) is 59.0 Å². The van der Waals surface area contributed by atoms with Gasteiger partial charge >= 0.3 is 5.69 Å². The number of pyridine rings is 1. The Morgan fingerprint density at radius 1 is 1.03 bits per heavy atom. The number of imidazole rings is 1. The number of aromatic nitrogens is 7. The van der Waals surface area contributed by atoms with Gasteiger partial charge in [-0.05, 0) is 47.4 Å². The zero-order valence-corrected chi connectivity index (χ0v) is 19.7. The molecule has 3 aromatic heterocycles. The summed E-state index contributed by atoms with van der Waals surface area (Å²) in [4.78, 5) is 17.6. The van der Waals surface area contributed by atoms with Crippen LogP contribution in [0.4, 0.5) is 0 Å². The molecule has 0 aliphatic carbocycles. The Bertz CT molecular complexity index is 1240. The summed E-state index contributed by atoms with van der Waals surface area (Å²) in [6.45, 7) is 5.34. The maximum Gasteiger partial charge on any atom is 0.329 e. The van der Waals surface area contributed by atoms with Crippen LogP contribution in [0, 0.1) is 0 Å². The van der Waals surface area contributed by atoms with Crippen molar-refractivity contribution in [3.05, 3.63) is 69.5 Å². The molecule has 172 valence electrons. The second-order valence-electron chi connectivity index (χ2n) is 8.06. The standard InChI is InChI=1S/C24H28ClN7O/c1-3-5-6-9-20-22(25)31(15-4-2)24(33)32(20)16-17-10-12-18(13-11-17)21-19(8-7-14-26-21)23-27-29-30-28-23/h7-8,10-14H,3-6,9,15-16H2,1-2H3,(H,27,28,29,30). The van der Waals surface area contributed by atoms with Crippen LogP contribution >= 0.6 is 11.6 Å². The van der Waals surface area contributed by atoms with Crippen molar-refractivity contribution in [2.24, 2.45) is 0 Å². The molecule has 0 spiro atoms. The topological polar surface area (TPSA) is 94.3 Å². The summed E-state index contributed by atoms with van der Waals surface area (Å²) in [5.41, 5.74) is 4.48. The maximum atomic E-state index is 13.1. The number of nitrogens with one attached hydrogen (secondary N) is 1. The first-order chi connectivity index (χ1) is 16.1. The third-order valence-electron chi connectivity index (χ3n) is 5.70. The van der Waals surface area contributed by atoms with Gasteiger partial charge in [0.25, 0.3) is 0 Å². The molecule has 0 fully saturated rings. The third-order valence-corrected chi connectivity index (χ3v) is 6.13. The van der Waals surface area contributed by atoms with Crippen molar-refractivity contribution in [1.29, 1.82) is 0 Å². The van der Waals surface area contributed by atoms with Crippen LogP contribution in [0.5, 0.6) is 0 Å². The van der Waals surface area contributed by atoms with Gasteiger partial charge in [0.2, 0.25) is 0 Å². The first-order valence-electron chi connectivity index (χ1n) is 11.4. The normalized spacial score (nSPS) is 11.2. The fraction of sp³-hybridized carbons (Fsp3) is 0.375. The van der Waals surface area contributed by atoms with Gasteiger partial charge in [0.1, 0.15) is 5.15 Å². The summed E-state index contributed by atoms with van der Waals surface area (Å²) in [5, 5.41) is 14.7. The Balaban J connectivity index is 1.63. The molecule has 1 aromatic carbocycles. The summed E-state index contributed by atoms with van der Waals surface area (Å²) in [6, 6.07) is 11.9. The van der Waals surface area contributed by atoms with E-state index in [2.05, 4.69) is 39.5 Å². The minimum atomic E-state index is -0.0396. The number of hydrogen-bond acceptors (Lipinski definition) is 5. The maximum absolute atomic E-state index is 13.1. The highest BCUT2D eigenvalue weighted by Gasteiger charge is 2.18. The van der Waals surface area contributed by atoms with Gasteiger partial charge in [-0.15, -0.1) is 5.10 Å². The van der Waals surface area contributed by atoms with Crippen LogP contribution in [0.1, 0.15) is 50.8 Å². The van der Waals surface area contributed by atoms with E-state index in [0.717, 1.165) is 60.2 Å². The predicted molar refractivity (Wildman–Crippen MR) is 129 cm³/mol. The molecule has 9 heteroatoms. The molecule has 0 radical (unpaired) electrons. The molecule has 4 aromatic rings. The molecule has 3 heterocycles. The Labute approximate surface area is 197 Å². The van der Waals surface area contributed by atoms with E-state index in [-0.39, 0.29) is 5.69 Å². The second kappa shape index (κ2) is 10.6. The minimum absolute atomic E-state index is 0.0396. The van der Waals surface area contributed by atoms with Crippen molar-refractivity contribution in [3.63, 3.8) is 0 Å². The van der Waals surface area contributed by atoms with Crippen molar-refractivity contribution >= 4 is 11.6 Å². The van der Waals surface area contributed by atoms with Crippen molar-refractivity contribution in [3.8, 4) is 22.6 Å². The summed E-state index contributed by atoms with van der Waals surface area (Å²) < 4.78 is 3.53. The minimum Gasteiger partial charge on any atom is -0.290 e. The van der Waals surface area contributed by atoms with Crippen LogP contribution in [0.3, 0.4) is 0 Å². The average Bonchev–Trinajstić information content (AvgIpc) is 3.45. The monoisotopic (exact) mass is 465 g/mol. The highest BCUT2D eigenvalue weighted by Crippen LogP contribution is 2.28. The van der Waals surface area contributed by atoms with Crippen molar-refractivity contribution in [1.82, 2.24) is 34.7 Å². The Kier molecular flexibility index (Phi) is 7.34. The number of halogens is 1. The van der Waals surface area contributed by atoms with E-state index in [9.17, 15) is 4.79 Å². The molecule has 0 saturated heterocycles. The lowest BCUT2D eigenvalue weighted by atomic mass is 10.0. The summed E-state index contributed by atoms with van der Waals surface area (Å²) >= 11 is 6.65. The van der Waals surface area contributed by atoms with Crippen LogP contribution in [0.25, 0.3) is 22.6 Å². The van der Waals surface area contributed by atoms with E-state index >= 15 is 0 Å². The second-order valence-corrected chi connectivity index (χ2v) is 8.42. The van der Waals surface area contributed by atoms with Crippen LogP contribution < -0.4 is 5.69 Å². The van der Waals surface area contributed by atoms with E-state index in [1.807, 2.05) is 41.0 Å². The molecule has 0 unspecified atom stereocenters. The molecule has 4 rings (SSSR count). The number of aromatic amines is 1. The van der Waals surface area contributed by atoms with Crippen LogP contribution in [-0.2, 0) is 19.5 Å². The molecule has 0 bridgehead atoms. The SMILES string of the molecule is CCCCCc1c(Cl)n(CCC)c(=O)n1Cc1ccc(-c2ncccc2-c2nnn[nH]2)cc1. The van der Waals surface area contributed by atoms with E-state index < -0.39 is 0 Å². The van der Waals surface area contributed by atoms with E-state index in [1.165, 1.54) is 0 Å². The van der Waals surface area contributed by atoms with Gasteiger partial charge in [-0.1, -0.05) is 62.6 Å². The Hall–Kier alpha value is -3.26. The first kappa shape index (κ1) is 22.9. The molecule has 1 N–H and O–H groups in total. The fourth-order valence-corrected chi connectivity index (χ4v) is 4.38. The van der Waals surface area contributed by atoms with E-state index in [0.29, 0.717) is 24.1 Å². The number of unbranched alkanes of at least 4 members (excludes halogenated alkanes) is 2. The van der Waals surface area contributed by atoms with Gasteiger partial charge < -0.3 is 0 Å². The Morgan fingerprint density at radius 2 is 1.85 bits per heavy atom. The van der Waals surface area contributed by atoms with E-state index in [1.54, 1.807) is 10.8 Å². The number of nitrogens with zero attached hydrogens (tertiary/aromatic N) is 6. The number of rotatable bonds is 10. The van der Waals surface area contributed by atoms with Crippen LogP contribution in [-0.4, -0.2) is 34.7 Å². The number of tetrazole rings is 1. The van der Waals surface area contributed by atoms with Gasteiger partial charge in [-0.2, -0.15) is 0 Å².